The van der Waals surface area contributed by atoms with Crippen molar-refractivity contribution in [3.63, 3.8) is 0 Å². The number of hydrogen-bond donors (Lipinski definition) is 1. The fraction of sp³-hybridized carbons (Fsp3) is 0.333. The van der Waals surface area contributed by atoms with E-state index in [1.54, 1.807) is 12.1 Å². The van der Waals surface area contributed by atoms with Gasteiger partial charge in [-0.25, -0.2) is 8.42 Å². The molecule has 5 nitrogen and oxygen atoms in total. The number of piperazine rings is 1. The maximum atomic E-state index is 12.9. The maximum absolute atomic E-state index is 12.9. The molecular formula is C18H20F2N2O3S. The molecular weight excluding hydrogens is 362 g/mol. The Morgan fingerprint density at radius 1 is 1.08 bits per heavy atom. The van der Waals surface area contributed by atoms with E-state index in [9.17, 15) is 17.2 Å². The fourth-order valence-electron chi connectivity index (χ4n) is 2.96. The van der Waals surface area contributed by atoms with Crippen LogP contribution in [0.3, 0.4) is 0 Å². The van der Waals surface area contributed by atoms with E-state index in [4.69, 9.17) is 0 Å². The topological polar surface area (TPSA) is 58.6 Å². The molecule has 1 heterocycles. The Kier molecular flexibility index (Phi) is 5.43. The van der Waals surface area contributed by atoms with Gasteiger partial charge in [0.2, 0.25) is 9.84 Å². The highest BCUT2D eigenvalue weighted by atomic mass is 32.2. The molecule has 1 fully saturated rings. The highest BCUT2D eigenvalue weighted by molar-refractivity contribution is 7.91. The molecule has 0 amide bonds. The number of nitrogens with zero attached hydrogens (tertiary/aromatic N) is 1. The number of benzene rings is 2. The predicted octanol–water partition coefficient (Wildman–Crippen LogP) is 2.84. The first-order valence-electron chi connectivity index (χ1n) is 8.24. The molecule has 3 rings (SSSR count). The van der Waals surface area contributed by atoms with Crippen LogP contribution in [0.1, 0.15) is 5.56 Å². The van der Waals surface area contributed by atoms with Crippen LogP contribution >= 0.6 is 0 Å². The maximum Gasteiger partial charge on any atom is 0.387 e. The second-order valence-corrected chi connectivity index (χ2v) is 7.99. The number of anilines is 1. The van der Waals surface area contributed by atoms with Crippen molar-refractivity contribution < 1.29 is 21.9 Å². The summed E-state index contributed by atoms with van der Waals surface area (Å²) in [6.45, 7) is 2.19. The average molecular weight is 382 g/mol. The molecule has 0 spiro atoms. The summed E-state index contributed by atoms with van der Waals surface area (Å²) in [5.41, 5.74) is 1.85. The minimum absolute atomic E-state index is 0.0780. The van der Waals surface area contributed by atoms with Crippen LogP contribution in [-0.2, 0) is 9.84 Å². The highest BCUT2D eigenvalue weighted by Crippen LogP contribution is 2.29. The number of nitrogens with one attached hydrogen (secondary N) is 1. The Balaban J connectivity index is 1.97. The van der Waals surface area contributed by atoms with Gasteiger partial charge in [-0.2, -0.15) is 8.78 Å². The van der Waals surface area contributed by atoms with E-state index in [2.05, 4.69) is 15.0 Å². The van der Waals surface area contributed by atoms with Crippen LogP contribution in [0.5, 0.6) is 5.75 Å². The summed E-state index contributed by atoms with van der Waals surface area (Å²) in [4.78, 5) is 2.19. The first-order chi connectivity index (χ1) is 12.4. The second-order valence-electron chi connectivity index (χ2n) is 6.04. The van der Waals surface area contributed by atoms with Gasteiger partial charge in [-0.15, -0.1) is 0 Å². The van der Waals surface area contributed by atoms with Crippen molar-refractivity contribution in [3.05, 3.63) is 48.0 Å². The van der Waals surface area contributed by atoms with Gasteiger partial charge < -0.3 is 15.0 Å². The van der Waals surface area contributed by atoms with Crippen LogP contribution in [0, 0.1) is 6.92 Å². The average Bonchev–Trinajstić information content (AvgIpc) is 2.62. The van der Waals surface area contributed by atoms with Gasteiger partial charge in [0.05, 0.1) is 9.79 Å². The Morgan fingerprint density at radius 2 is 1.77 bits per heavy atom. The van der Waals surface area contributed by atoms with Gasteiger partial charge in [0.15, 0.2) is 0 Å². The van der Waals surface area contributed by atoms with Crippen LogP contribution in [0.4, 0.5) is 14.5 Å². The summed E-state index contributed by atoms with van der Waals surface area (Å²) in [6.07, 6.45) is 0. The molecule has 2 aromatic carbocycles. The molecule has 1 saturated heterocycles. The Hall–Kier alpha value is -2.19. The summed E-state index contributed by atoms with van der Waals surface area (Å²) in [6, 6.07) is 10.1. The molecule has 0 atom stereocenters. The van der Waals surface area contributed by atoms with Crippen molar-refractivity contribution in [1.82, 2.24) is 5.32 Å². The first kappa shape index (κ1) is 18.6. The number of sulfone groups is 1. The lowest BCUT2D eigenvalue weighted by molar-refractivity contribution is -0.0499. The van der Waals surface area contributed by atoms with E-state index in [0.717, 1.165) is 43.5 Å². The number of halogens is 2. The lowest BCUT2D eigenvalue weighted by Gasteiger charge is -2.31. The van der Waals surface area contributed by atoms with Crippen molar-refractivity contribution in [2.24, 2.45) is 0 Å². The zero-order valence-electron chi connectivity index (χ0n) is 14.3. The van der Waals surface area contributed by atoms with Crippen molar-refractivity contribution >= 4 is 15.5 Å². The Morgan fingerprint density at radius 3 is 2.46 bits per heavy atom. The highest BCUT2D eigenvalue weighted by Gasteiger charge is 2.22. The third kappa shape index (κ3) is 3.96. The van der Waals surface area contributed by atoms with Crippen LogP contribution in [0.15, 0.2) is 52.3 Å². The molecule has 0 aromatic heterocycles. The summed E-state index contributed by atoms with van der Waals surface area (Å²) in [7, 11) is -3.84. The lowest BCUT2D eigenvalue weighted by atomic mass is 10.1. The van der Waals surface area contributed by atoms with E-state index < -0.39 is 16.4 Å². The van der Waals surface area contributed by atoms with E-state index >= 15 is 0 Å². The third-order valence-electron chi connectivity index (χ3n) is 4.29. The van der Waals surface area contributed by atoms with E-state index in [1.165, 1.54) is 24.3 Å². The zero-order chi connectivity index (χ0) is 18.7. The van der Waals surface area contributed by atoms with E-state index in [-0.39, 0.29) is 15.5 Å². The quantitative estimate of drug-likeness (QED) is 0.862. The molecule has 140 valence electrons. The second kappa shape index (κ2) is 7.59. The molecule has 1 aliphatic heterocycles. The molecule has 0 aliphatic carbocycles. The number of aryl methyl sites for hydroxylation is 1. The first-order valence-corrected chi connectivity index (χ1v) is 9.72. The van der Waals surface area contributed by atoms with Gasteiger partial charge in [0, 0.05) is 31.9 Å². The summed E-state index contributed by atoms with van der Waals surface area (Å²) in [5, 5.41) is 3.26. The van der Waals surface area contributed by atoms with Gasteiger partial charge in [-0.3, -0.25) is 0 Å². The van der Waals surface area contributed by atoms with Crippen molar-refractivity contribution in [2.75, 3.05) is 31.1 Å². The number of ether oxygens (including phenoxy) is 1. The number of hydrogen-bond acceptors (Lipinski definition) is 5. The molecule has 0 bridgehead atoms. The van der Waals surface area contributed by atoms with Crippen LogP contribution in [0.2, 0.25) is 0 Å². The lowest BCUT2D eigenvalue weighted by Crippen LogP contribution is -2.43. The number of rotatable bonds is 5. The molecule has 0 unspecified atom stereocenters. The van der Waals surface area contributed by atoms with Crippen molar-refractivity contribution in [2.45, 2.75) is 23.3 Å². The van der Waals surface area contributed by atoms with Crippen LogP contribution in [-0.4, -0.2) is 41.2 Å². The van der Waals surface area contributed by atoms with Crippen LogP contribution in [0.25, 0.3) is 0 Å². The van der Waals surface area contributed by atoms with Gasteiger partial charge >= 0.3 is 6.61 Å². The third-order valence-corrected chi connectivity index (χ3v) is 6.04. The smallest absolute Gasteiger partial charge is 0.387 e. The molecule has 1 N–H and O–H groups in total. The van der Waals surface area contributed by atoms with Gasteiger partial charge in [-0.05, 0) is 42.8 Å². The monoisotopic (exact) mass is 382 g/mol. The summed E-state index contributed by atoms with van der Waals surface area (Å²) < 4.78 is 55.0. The molecule has 2 aromatic rings. The van der Waals surface area contributed by atoms with Crippen LogP contribution < -0.4 is 15.0 Å². The fourth-order valence-corrected chi connectivity index (χ4v) is 4.27. The summed E-state index contributed by atoms with van der Waals surface area (Å²) in [5.74, 6) is -0.185. The van der Waals surface area contributed by atoms with Crippen molar-refractivity contribution in [3.8, 4) is 5.75 Å². The molecule has 0 radical (unpaired) electrons. The van der Waals surface area contributed by atoms with Gasteiger partial charge in [0.25, 0.3) is 0 Å². The summed E-state index contributed by atoms with van der Waals surface area (Å²) >= 11 is 0. The SMILES string of the molecule is Cc1ccc(S(=O)(=O)c2cccc(OC(F)F)c2)cc1N1CCNCC1. The predicted molar refractivity (Wildman–Crippen MR) is 94.8 cm³/mol. The number of alkyl halides is 2. The van der Waals surface area contributed by atoms with Gasteiger partial charge in [0.1, 0.15) is 5.75 Å². The Bertz CT molecular complexity index is 882. The standard InChI is InChI=1S/C18H20F2N2O3S/c1-13-5-6-16(12-17(13)22-9-7-21-8-10-22)26(23,24)15-4-2-3-14(11-15)25-18(19)20/h2-6,11-12,18,21H,7-10H2,1H3. The zero-order valence-corrected chi connectivity index (χ0v) is 15.1. The molecule has 0 saturated carbocycles. The van der Waals surface area contributed by atoms with Crippen molar-refractivity contribution in [1.29, 1.82) is 0 Å². The minimum Gasteiger partial charge on any atom is -0.435 e. The van der Waals surface area contributed by atoms with Gasteiger partial charge in [-0.1, -0.05) is 12.1 Å². The normalized spacial score (nSPS) is 15.3. The Labute approximate surface area is 151 Å². The van der Waals surface area contributed by atoms with E-state index in [1.807, 2.05) is 6.92 Å². The minimum atomic E-state index is -3.84. The largest absolute Gasteiger partial charge is 0.435 e. The molecule has 1 aliphatic rings. The van der Waals surface area contributed by atoms with E-state index in [0.29, 0.717) is 0 Å². The molecule has 8 heteroatoms. The molecule has 26 heavy (non-hydrogen) atoms.